The summed E-state index contributed by atoms with van der Waals surface area (Å²) in [6.45, 7) is 7.52. The number of hydrogen-bond donors (Lipinski definition) is 3. The zero-order valence-electron chi connectivity index (χ0n) is 15.9. The van der Waals surface area contributed by atoms with Crippen molar-refractivity contribution in [2.75, 3.05) is 50.5 Å². The molecule has 3 N–H and O–H groups in total. The summed E-state index contributed by atoms with van der Waals surface area (Å²) in [7, 11) is 4.03. The Balaban J connectivity index is 1.48. The van der Waals surface area contributed by atoms with E-state index in [2.05, 4.69) is 27.7 Å². The standard InChI is InChI=1S/C20H28N4OS/c1-16(20(25)21-17-6-8-18(9-7-17)22(2)3)24-12-10-23(11-13-24)15-19-5-4-14-26-19/h4-9,14,16H,10-13,15H2,1-3H3,(H,21,25)/p+2/t16-/m0/s1. The minimum absolute atomic E-state index is 0.0215. The Kier molecular flexibility index (Phi) is 6.29. The molecule has 2 aromatic rings. The Morgan fingerprint density at radius 3 is 2.42 bits per heavy atom. The molecular weight excluding hydrogens is 344 g/mol. The predicted molar refractivity (Wildman–Crippen MR) is 108 cm³/mol. The van der Waals surface area contributed by atoms with Crippen LogP contribution in [0.5, 0.6) is 0 Å². The molecule has 1 aromatic carbocycles. The Morgan fingerprint density at radius 2 is 1.85 bits per heavy atom. The third kappa shape index (κ3) is 4.84. The van der Waals surface area contributed by atoms with Crippen molar-refractivity contribution in [2.24, 2.45) is 0 Å². The lowest BCUT2D eigenvalue weighted by Gasteiger charge is -2.32. The molecule has 6 heteroatoms. The SMILES string of the molecule is C[C@@H](C(=O)Nc1ccc(N(C)C)cc1)[NH+]1CC[NH+](Cc2cccs2)CC1. The van der Waals surface area contributed by atoms with Gasteiger partial charge in [0, 0.05) is 25.5 Å². The Bertz CT molecular complexity index is 691. The quantitative estimate of drug-likeness (QED) is 0.673. The minimum atomic E-state index is -0.0215. The number of thiophene rings is 1. The molecule has 0 radical (unpaired) electrons. The van der Waals surface area contributed by atoms with Crippen molar-refractivity contribution >= 4 is 28.6 Å². The van der Waals surface area contributed by atoms with E-state index < -0.39 is 0 Å². The van der Waals surface area contributed by atoms with E-state index in [0.717, 1.165) is 44.1 Å². The van der Waals surface area contributed by atoms with Crippen LogP contribution < -0.4 is 20.0 Å². The zero-order valence-corrected chi connectivity index (χ0v) is 16.7. The fourth-order valence-corrected chi connectivity index (χ4v) is 4.25. The van der Waals surface area contributed by atoms with E-state index in [1.54, 1.807) is 4.90 Å². The topological polar surface area (TPSA) is 41.2 Å². The largest absolute Gasteiger partial charge is 0.378 e. The predicted octanol–water partition coefficient (Wildman–Crippen LogP) is 0.125. The lowest BCUT2D eigenvalue weighted by atomic mass is 10.2. The summed E-state index contributed by atoms with van der Waals surface area (Å²) in [5, 5.41) is 5.22. The first kappa shape index (κ1) is 18.9. The van der Waals surface area contributed by atoms with Crippen molar-refractivity contribution in [2.45, 2.75) is 19.5 Å². The zero-order chi connectivity index (χ0) is 18.5. The number of rotatable bonds is 6. The van der Waals surface area contributed by atoms with Gasteiger partial charge in [-0.15, -0.1) is 11.3 Å². The van der Waals surface area contributed by atoms with Gasteiger partial charge in [-0.3, -0.25) is 4.79 Å². The summed E-state index contributed by atoms with van der Waals surface area (Å²) in [5.41, 5.74) is 2.00. The van der Waals surface area contributed by atoms with Gasteiger partial charge in [0.1, 0.15) is 32.7 Å². The molecule has 0 bridgehead atoms. The van der Waals surface area contributed by atoms with E-state index >= 15 is 0 Å². The highest BCUT2D eigenvalue weighted by atomic mass is 32.1. The van der Waals surface area contributed by atoms with Crippen LogP contribution in [0.4, 0.5) is 11.4 Å². The molecule has 3 rings (SSSR count). The smallest absolute Gasteiger partial charge is 0.282 e. The fraction of sp³-hybridized carbons (Fsp3) is 0.450. The maximum absolute atomic E-state index is 12.6. The van der Waals surface area contributed by atoms with E-state index in [1.165, 1.54) is 9.78 Å². The second kappa shape index (κ2) is 8.66. The number of amides is 1. The van der Waals surface area contributed by atoms with Crippen LogP contribution in [-0.4, -0.2) is 52.2 Å². The molecule has 0 aliphatic carbocycles. The van der Waals surface area contributed by atoms with Crippen molar-refractivity contribution in [1.82, 2.24) is 0 Å². The normalized spacial score (nSPS) is 21.2. The fourth-order valence-electron chi connectivity index (χ4n) is 3.47. The lowest BCUT2D eigenvalue weighted by Crippen LogP contribution is -3.29. The van der Waals surface area contributed by atoms with Crippen LogP contribution in [0, 0.1) is 0 Å². The average molecular weight is 375 g/mol. The monoisotopic (exact) mass is 374 g/mol. The van der Waals surface area contributed by atoms with Crippen molar-refractivity contribution in [3.05, 3.63) is 46.7 Å². The van der Waals surface area contributed by atoms with Gasteiger partial charge in [-0.1, -0.05) is 6.07 Å². The molecule has 1 aliphatic heterocycles. The van der Waals surface area contributed by atoms with Gasteiger partial charge in [-0.2, -0.15) is 0 Å². The molecule has 1 atom stereocenters. The number of nitrogens with one attached hydrogen (secondary N) is 3. The summed E-state index contributed by atoms with van der Waals surface area (Å²) in [5.74, 6) is 0.110. The van der Waals surface area contributed by atoms with Crippen molar-refractivity contribution in [1.29, 1.82) is 0 Å². The molecular formula is C20H30N4OS+2. The van der Waals surface area contributed by atoms with Crippen LogP contribution >= 0.6 is 11.3 Å². The van der Waals surface area contributed by atoms with Gasteiger partial charge in [-0.25, -0.2) is 0 Å². The molecule has 1 aliphatic rings. The van der Waals surface area contributed by atoms with Gasteiger partial charge in [0.15, 0.2) is 6.04 Å². The van der Waals surface area contributed by atoms with Crippen molar-refractivity contribution < 1.29 is 14.6 Å². The second-order valence-corrected chi connectivity index (χ2v) is 8.35. The van der Waals surface area contributed by atoms with Crippen LogP contribution in [0.25, 0.3) is 0 Å². The van der Waals surface area contributed by atoms with Gasteiger partial charge >= 0.3 is 0 Å². The third-order valence-corrected chi connectivity index (χ3v) is 6.14. The molecule has 0 unspecified atom stereocenters. The lowest BCUT2D eigenvalue weighted by molar-refractivity contribution is -1.02. The van der Waals surface area contributed by atoms with Crippen LogP contribution in [-0.2, 0) is 11.3 Å². The van der Waals surface area contributed by atoms with E-state index in [0.29, 0.717) is 0 Å². The molecule has 1 fully saturated rings. The van der Waals surface area contributed by atoms with Crippen molar-refractivity contribution in [3.8, 4) is 0 Å². The highest BCUT2D eigenvalue weighted by Crippen LogP contribution is 2.15. The molecule has 140 valence electrons. The van der Waals surface area contributed by atoms with Gasteiger partial charge in [-0.05, 0) is 42.6 Å². The number of quaternary nitrogens is 2. The number of carbonyl (C=O) groups excluding carboxylic acids is 1. The molecule has 1 aromatic heterocycles. The minimum Gasteiger partial charge on any atom is -0.378 e. The Morgan fingerprint density at radius 1 is 1.15 bits per heavy atom. The summed E-state index contributed by atoms with van der Waals surface area (Å²) >= 11 is 1.84. The first-order valence-corrected chi connectivity index (χ1v) is 10.2. The van der Waals surface area contributed by atoms with Crippen LogP contribution in [0.15, 0.2) is 41.8 Å². The number of carbonyl (C=O) groups is 1. The Hall–Kier alpha value is -1.89. The maximum atomic E-state index is 12.6. The number of benzene rings is 1. The van der Waals surface area contributed by atoms with Crippen molar-refractivity contribution in [3.63, 3.8) is 0 Å². The van der Waals surface area contributed by atoms with Gasteiger partial charge < -0.3 is 20.0 Å². The van der Waals surface area contributed by atoms with Gasteiger partial charge in [0.05, 0.1) is 4.88 Å². The van der Waals surface area contributed by atoms with E-state index in [4.69, 9.17) is 0 Å². The third-order valence-electron chi connectivity index (χ3n) is 5.26. The number of anilines is 2. The molecule has 0 spiro atoms. The first-order valence-electron chi connectivity index (χ1n) is 9.31. The van der Waals surface area contributed by atoms with Crippen LogP contribution in [0.3, 0.4) is 0 Å². The number of piperazine rings is 1. The van der Waals surface area contributed by atoms with E-state index in [-0.39, 0.29) is 11.9 Å². The molecule has 1 saturated heterocycles. The average Bonchev–Trinajstić information content (AvgIpc) is 3.15. The highest BCUT2D eigenvalue weighted by molar-refractivity contribution is 7.09. The summed E-state index contributed by atoms with van der Waals surface area (Å²) in [6.07, 6.45) is 0. The first-order chi connectivity index (χ1) is 12.5. The van der Waals surface area contributed by atoms with Gasteiger partial charge in [0.25, 0.3) is 5.91 Å². The van der Waals surface area contributed by atoms with E-state index in [1.807, 2.05) is 56.6 Å². The summed E-state index contributed by atoms with van der Waals surface area (Å²) < 4.78 is 0. The molecule has 26 heavy (non-hydrogen) atoms. The number of hydrogen-bond acceptors (Lipinski definition) is 3. The number of nitrogens with zero attached hydrogens (tertiary/aromatic N) is 1. The molecule has 2 heterocycles. The van der Waals surface area contributed by atoms with Crippen LogP contribution in [0.1, 0.15) is 11.8 Å². The van der Waals surface area contributed by atoms with E-state index in [9.17, 15) is 4.79 Å². The maximum Gasteiger partial charge on any atom is 0.282 e. The van der Waals surface area contributed by atoms with Crippen LogP contribution in [0.2, 0.25) is 0 Å². The van der Waals surface area contributed by atoms with Gasteiger partial charge in [0.2, 0.25) is 0 Å². The second-order valence-electron chi connectivity index (χ2n) is 7.32. The summed E-state index contributed by atoms with van der Waals surface area (Å²) in [4.78, 5) is 19.1. The highest BCUT2D eigenvalue weighted by Gasteiger charge is 2.31. The summed E-state index contributed by atoms with van der Waals surface area (Å²) in [6, 6.07) is 12.3. The molecule has 5 nitrogen and oxygen atoms in total. The molecule has 1 amide bonds. The molecule has 0 saturated carbocycles. The Labute approximate surface area is 160 Å².